The average Bonchev–Trinajstić information content (AvgIpc) is 3.35. The molecule has 4 heterocycles. The molecule has 0 bridgehead atoms. The lowest BCUT2D eigenvalue weighted by Gasteiger charge is -2.72. The van der Waals surface area contributed by atoms with E-state index in [1.807, 2.05) is 6.92 Å². The number of carboxylic acids is 1. The van der Waals surface area contributed by atoms with Crippen LogP contribution in [-0.2, 0) is 47.5 Å². The normalized spacial score (nSPS) is 52.9. The number of Topliss-reactive ketones (excluding diaryl/α,β-unsaturated/α-hetero) is 1. The predicted octanol–water partition coefficient (Wildman–Crippen LogP) is 1.83. The van der Waals surface area contributed by atoms with Crippen molar-refractivity contribution in [2.75, 3.05) is 13.2 Å². The van der Waals surface area contributed by atoms with Gasteiger partial charge in [-0.05, 0) is 111 Å². The molecule has 0 aromatic carbocycles. The first kappa shape index (κ1) is 57.3. The first-order chi connectivity index (χ1) is 35.0. The maximum atomic E-state index is 12.7. The third kappa shape index (κ3) is 9.25. The molecular formula is C54H84O21. The zero-order valence-corrected chi connectivity index (χ0v) is 44.7. The summed E-state index contributed by atoms with van der Waals surface area (Å²) in [5, 5.41) is 119. The Bertz CT molecular complexity index is 2210. The van der Waals surface area contributed by atoms with Crippen LogP contribution in [0, 0.1) is 50.2 Å². The molecular weight excluding hydrogens is 985 g/mol. The Kier molecular flexibility index (Phi) is 15.5. The molecule has 21 heteroatoms. The maximum Gasteiger partial charge on any atom is 0.335 e. The monoisotopic (exact) mass is 1070 g/mol. The van der Waals surface area contributed by atoms with E-state index in [2.05, 4.69) is 47.6 Å². The van der Waals surface area contributed by atoms with Crippen molar-refractivity contribution in [3.05, 3.63) is 23.2 Å². The summed E-state index contributed by atoms with van der Waals surface area (Å²) in [5.74, 6) is -1.94. The van der Waals surface area contributed by atoms with Gasteiger partial charge in [-0.1, -0.05) is 60.1 Å². The lowest BCUT2D eigenvalue weighted by Crippen LogP contribution is -2.68. The number of allylic oxidation sites excluding steroid dienone is 4. The topological polar surface area (TPSA) is 331 Å². The highest BCUT2D eigenvalue weighted by Crippen LogP contribution is 2.76. The second-order valence-electron chi connectivity index (χ2n) is 25.8. The molecule has 11 N–H and O–H groups in total. The summed E-state index contributed by atoms with van der Waals surface area (Å²) in [5.41, 5.74) is -0.538. The molecule has 9 rings (SSSR count). The minimum absolute atomic E-state index is 0.0493. The summed E-state index contributed by atoms with van der Waals surface area (Å²) in [4.78, 5) is 25.3. The summed E-state index contributed by atoms with van der Waals surface area (Å²) in [6.07, 6.45) is -19.0. The van der Waals surface area contributed by atoms with Crippen LogP contribution in [0.5, 0.6) is 0 Å². The molecule has 0 radical (unpaired) electrons. The minimum atomic E-state index is -2.09. The van der Waals surface area contributed by atoms with Crippen LogP contribution < -0.4 is 0 Å². The van der Waals surface area contributed by atoms with E-state index in [0.29, 0.717) is 12.8 Å². The average molecular weight is 1070 g/mol. The van der Waals surface area contributed by atoms with Gasteiger partial charge in [0.2, 0.25) is 12.1 Å². The molecule has 0 aromatic rings. The summed E-state index contributed by atoms with van der Waals surface area (Å²) in [6.45, 7) is 17.9. The number of carbonyl (C=O) groups is 2. The minimum Gasteiger partial charge on any atom is -0.502 e. The molecule has 75 heavy (non-hydrogen) atoms. The highest BCUT2D eigenvalue weighted by Gasteiger charge is 2.70. The smallest absolute Gasteiger partial charge is 0.335 e. The van der Waals surface area contributed by atoms with Crippen molar-refractivity contribution in [2.24, 2.45) is 50.2 Å². The van der Waals surface area contributed by atoms with Gasteiger partial charge in [0.05, 0.1) is 37.9 Å². The number of aliphatic hydroxyl groups is 10. The number of aliphatic hydroxyl groups excluding tert-OH is 10. The number of carboxylic acid groups (broad SMARTS) is 1. The van der Waals surface area contributed by atoms with Gasteiger partial charge in [-0.3, -0.25) is 4.79 Å². The van der Waals surface area contributed by atoms with E-state index in [0.717, 1.165) is 44.9 Å². The molecule has 21 nitrogen and oxygen atoms in total. The molecule has 4 aliphatic heterocycles. The summed E-state index contributed by atoms with van der Waals surface area (Å²) in [7, 11) is 0. The molecule has 9 aliphatic rings. The Morgan fingerprint density at radius 2 is 1.35 bits per heavy atom. The molecule has 3 saturated heterocycles. The Morgan fingerprint density at radius 1 is 0.693 bits per heavy atom. The molecule has 0 unspecified atom stereocenters. The number of ketones is 1. The van der Waals surface area contributed by atoms with Gasteiger partial charge in [-0.15, -0.1) is 0 Å². The Balaban J connectivity index is 0.980. The van der Waals surface area contributed by atoms with Crippen LogP contribution in [0.2, 0.25) is 0 Å². The van der Waals surface area contributed by atoms with E-state index in [1.54, 1.807) is 6.92 Å². The fraction of sp³-hybridized carbons (Fsp3) is 0.889. The number of ether oxygens (including phenoxy) is 8. The summed E-state index contributed by atoms with van der Waals surface area (Å²) < 4.78 is 49.1. The van der Waals surface area contributed by atoms with Crippen LogP contribution >= 0.6 is 0 Å². The largest absolute Gasteiger partial charge is 0.502 e. The molecule has 426 valence electrons. The number of hydrogen-bond donors (Lipinski definition) is 11. The van der Waals surface area contributed by atoms with Crippen molar-refractivity contribution in [1.82, 2.24) is 0 Å². The van der Waals surface area contributed by atoms with E-state index >= 15 is 0 Å². The van der Waals surface area contributed by atoms with Crippen molar-refractivity contribution in [3.63, 3.8) is 0 Å². The van der Waals surface area contributed by atoms with E-state index in [1.165, 1.54) is 12.5 Å². The van der Waals surface area contributed by atoms with Gasteiger partial charge in [-0.25, -0.2) is 4.79 Å². The van der Waals surface area contributed by atoms with E-state index in [9.17, 15) is 65.8 Å². The molecule has 0 spiro atoms. The number of hydrogen-bond acceptors (Lipinski definition) is 20. The Labute approximate surface area is 438 Å². The fourth-order valence-corrected chi connectivity index (χ4v) is 16.3. The first-order valence-corrected chi connectivity index (χ1v) is 27.1. The van der Waals surface area contributed by atoms with Gasteiger partial charge in [0, 0.05) is 10.8 Å². The van der Waals surface area contributed by atoms with Crippen LogP contribution in [0.1, 0.15) is 127 Å². The van der Waals surface area contributed by atoms with Crippen LogP contribution in [-0.4, -0.2) is 192 Å². The lowest BCUT2D eigenvalue weighted by atomic mass is 9.33. The highest BCUT2D eigenvalue weighted by atomic mass is 16.8. The van der Waals surface area contributed by atoms with E-state index in [4.69, 9.17) is 37.9 Å². The van der Waals surface area contributed by atoms with Gasteiger partial charge in [0.1, 0.15) is 66.8 Å². The van der Waals surface area contributed by atoms with Crippen LogP contribution in [0.3, 0.4) is 0 Å². The molecule has 7 fully saturated rings. The van der Waals surface area contributed by atoms with Gasteiger partial charge in [0.15, 0.2) is 30.7 Å². The molecule has 26 atom stereocenters. The number of rotatable bonds is 11. The molecule has 4 saturated carbocycles. The SMILES string of the molecule is CC1=C(O)C(=O)C[C@H](O[C@@H]2CC(C)(C)C[C@@H]3C4=CC[C@@H]5[C@@]6(C)CC[C@H](O[C@@H]7O[C@H](C(=O)O)[C@@H](O)[C@H](O)[C@H]7O[C@@H]7O[C@H](CO)[C@H](O)[C@H](O)[C@H]7O[C@@H]7O[C@@H](C)[C@H](O)[C@@H](O)[C@H]7O)[C@](C)(CO)[C@@H]6CC[C@@]5(C)[C@]4(C)CC[C@]32C)O1. The summed E-state index contributed by atoms with van der Waals surface area (Å²) in [6, 6.07) is 0. The number of carbonyl (C=O) groups excluding carboxylic acids is 1. The highest BCUT2D eigenvalue weighted by molar-refractivity contribution is 5.94. The van der Waals surface area contributed by atoms with E-state index in [-0.39, 0.29) is 81.3 Å². The standard InChI is InChI=1S/C54H84O21/c1-23-34(58)27(57)18-33(68-23)71-32-20-49(3,4)19-26-25-10-11-30-51(6)14-13-31(52(7,22-56)29(51)12-15-54(30,9)53(25,8)17-16-50(26,32)5)72-48-44(40(64)39(63)42(73-48)45(66)67)75-47-43(38(62)36(60)28(21-55)70-47)74-46-41(65)37(61)35(59)24(2)69-46/h10,24,26,28-33,35-44,46-48,55-56,58-65H,11-22H2,1-9H3,(H,66,67)/t24-,26+,28+,29+,30+,31-,32+,33-,35-,36-,37+,38-,39-,40-,41+,42-,43+,44+,46-,47-,48+,50+,51-,52+,53+,54+/m0/s1. The third-order valence-corrected chi connectivity index (χ3v) is 21.0. The van der Waals surface area contributed by atoms with Gasteiger partial charge >= 0.3 is 5.97 Å². The third-order valence-electron chi connectivity index (χ3n) is 21.0. The number of fused-ring (bicyclic) bond motifs is 7. The van der Waals surface area contributed by atoms with Crippen LogP contribution in [0.4, 0.5) is 0 Å². The van der Waals surface area contributed by atoms with E-state index < -0.39 is 123 Å². The van der Waals surface area contributed by atoms with Gasteiger partial charge < -0.3 is 94.1 Å². The van der Waals surface area contributed by atoms with Crippen molar-refractivity contribution < 1.29 is 104 Å². The van der Waals surface area contributed by atoms with Crippen molar-refractivity contribution >= 4 is 11.8 Å². The fourth-order valence-electron chi connectivity index (χ4n) is 16.3. The quantitative estimate of drug-likeness (QED) is 0.104. The zero-order valence-electron chi connectivity index (χ0n) is 44.7. The predicted molar refractivity (Wildman–Crippen MR) is 259 cm³/mol. The molecule has 0 aromatic heterocycles. The Morgan fingerprint density at radius 3 is 1.99 bits per heavy atom. The maximum absolute atomic E-state index is 12.7. The Hall–Kier alpha value is -2.42. The molecule has 5 aliphatic carbocycles. The second kappa shape index (κ2) is 20.3. The molecule has 0 amide bonds. The van der Waals surface area contributed by atoms with Crippen LogP contribution in [0.25, 0.3) is 0 Å². The van der Waals surface area contributed by atoms with Gasteiger partial charge in [-0.2, -0.15) is 0 Å². The van der Waals surface area contributed by atoms with Gasteiger partial charge in [0.25, 0.3) is 0 Å². The number of aliphatic carboxylic acids is 1. The van der Waals surface area contributed by atoms with Crippen molar-refractivity contribution in [2.45, 2.75) is 237 Å². The van der Waals surface area contributed by atoms with Crippen molar-refractivity contribution in [1.29, 1.82) is 0 Å². The van der Waals surface area contributed by atoms with Crippen molar-refractivity contribution in [3.8, 4) is 0 Å². The lowest BCUT2D eigenvalue weighted by molar-refractivity contribution is -0.396. The second-order valence-corrected chi connectivity index (χ2v) is 25.8. The first-order valence-electron chi connectivity index (χ1n) is 27.1. The summed E-state index contributed by atoms with van der Waals surface area (Å²) >= 11 is 0. The van der Waals surface area contributed by atoms with Crippen LogP contribution in [0.15, 0.2) is 23.2 Å². The zero-order chi connectivity index (χ0) is 54.9.